The normalized spacial score (nSPS) is 21.2. The molecule has 1 aliphatic carbocycles. The summed E-state index contributed by atoms with van der Waals surface area (Å²) >= 11 is 6.07. The molecule has 3 rings (SSSR count). The van der Waals surface area contributed by atoms with Gasteiger partial charge < -0.3 is 10.1 Å². The van der Waals surface area contributed by atoms with Crippen molar-refractivity contribution in [2.45, 2.75) is 26.7 Å². The highest BCUT2D eigenvalue weighted by atomic mass is 35.5. The lowest BCUT2D eigenvalue weighted by atomic mass is 10.0. The largest absolute Gasteiger partial charge is 0.492 e. The molecule has 3 nitrogen and oxygen atoms in total. The lowest BCUT2D eigenvalue weighted by Gasteiger charge is -2.12. The lowest BCUT2D eigenvalue weighted by molar-refractivity contribution is -0.118. The Bertz CT molecular complexity index is 743. The molecule has 1 N–H and O–H groups in total. The Hall–Kier alpha value is -2.00. The molecule has 2 atom stereocenters. The lowest BCUT2D eigenvalue weighted by Crippen LogP contribution is -2.17. The van der Waals surface area contributed by atoms with Crippen molar-refractivity contribution in [3.05, 3.63) is 59.1 Å². The number of nitrogens with one attached hydrogen (secondary N) is 1. The quantitative estimate of drug-likeness (QED) is 0.818. The first-order valence-electron chi connectivity index (χ1n) is 8.23. The van der Waals surface area contributed by atoms with Crippen molar-refractivity contribution in [1.29, 1.82) is 0 Å². The zero-order valence-corrected chi connectivity index (χ0v) is 14.9. The highest BCUT2D eigenvalue weighted by Gasteiger charge is 2.62. The van der Waals surface area contributed by atoms with Crippen molar-refractivity contribution in [2.24, 2.45) is 11.3 Å². The van der Waals surface area contributed by atoms with Gasteiger partial charge in [0.2, 0.25) is 5.91 Å². The maximum Gasteiger partial charge on any atom is 0.228 e. The molecule has 1 amide bonds. The maximum absolute atomic E-state index is 12.8. The van der Waals surface area contributed by atoms with Gasteiger partial charge in [0.05, 0.1) is 18.2 Å². The molecule has 1 aliphatic rings. The molecule has 1 fully saturated rings. The van der Waals surface area contributed by atoms with Gasteiger partial charge in [-0.05, 0) is 36.1 Å². The predicted octanol–water partition coefficient (Wildman–Crippen LogP) is 5.12. The average Bonchev–Trinajstić information content (AvgIpc) is 3.13. The van der Waals surface area contributed by atoms with Gasteiger partial charge in [0.15, 0.2) is 0 Å². The van der Waals surface area contributed by atoms with E-state index in [-0.39, 0.29) is 23.2 Å². The van der Waals surface area contributed by atoms with Crippen LogP contribution in [-0.4, -0.2) is 12.5 Å². The standard InChI is InChI=1S/C20H22ClNO2/c1-4-24-16-11-10-14(21)12-15(16)22-19(23)18-17(20(18,2)3)13-8-6-5-7-9-13/h5-12,17-18H,4H2,1-3H3,(H,22,23)/t17-,18+/m1/s1. The molecule has 0 aliphatic heterocycles. The highest BCUT2D eigenvalue weighted by molar-refractivity contribution is 6.31. The van der Waals surface area contributed by atoms with Gasteiger partial charge in [-0.1, -0.05) is 55.8 Å². The Morgan fingerprint density at radius 3 is 2.58 bits per heavy atom. The van der Waals surface area contributed by atoms with Crippen LogP contribution in [0.5, 0.6) is 5.75 Å². The average molecular weight is 344 g/mol. The summed E-state index contributed by atoms with van der Waals surface area (Å²) in [7, 11) is 0. The zero-order valence-electron chi connectivity index (χ0n) is 14.2. The fourth-order valence-electron chi connectivity index (χ4n) is 3.50. The number of hydrogen-bond acceptors (Lipinski definition) is 2. The minimum Gasteiger partial charge on any atom is -0.492 e. The summed E-state index contributed by atoms with van der Waals surface area (Å²) in [6, 6.07) is 15.5. The Morgan fingerprint density at radius 1 is 1.21 bits per heavy atom. The first kappa shape index (κ1) is 16.8. The Labute approximate surface area is 148 Å². The van der Waals surface area contributed by atoms with Gasteiger partial charge in [-0.2, -0.15) is 0 Å². The van der Waals surface area contributed by atoms with E-state index in [0.29, 0.717) is 23.1 Å². The van der Waals surface area contributed by atoms with E-state index in [9.17, 15) is 4.79 Å². The van der Waals surface area contributed by atoms with Crippen molar-refractivity contribution < 1.29 is 9.53 Å². The molecule has 24 heavy (non-hydrogen) atoms. The summed E-state index contributed by atoms with van der Waals surface area (Å²) < 4.78 is 5.58. The second-order valence-corrected chi connectivity index (χ2v) is 7.19. The highest BCUT2D eigenvalue weighted by Crippen LogP contribution is 2.64. The Balaban J connectivity index is 1.80. The number of carbonyl (C=O) groups is 1. The topological polar surface area (TPSA) is 38.3 Å². The molecule has 0 aromatic heterocycles. The van der Waals surface area contributed by atoms with E-state index in [0.717, 1.165) is 0 Å². The van der Waals surface area contributed by atoms with Gasteiger partial charge in [-0.25, -0.2) is 0 Å². The third-order valence-electron chi connectivity index (χ3n) is 4.77. The zero-order chi connectivity index (χ0) is 17.3. The Morgan fingerprint density at radius 2 is 1.92 bits per heavy atom. The summed E-state index contributed by atoms with van der Waals surface area (Å²) in [5.41, 5.74) is 1.78. The molecule has 126 valence electrons. The fraction of sp³-hybridized carbons (Fsp3) is 0.350. The van der Waals surface area contributed by atoms with Gasteiger partial charge in [0.1, 0.15) is 5.75 Å². The van der Waals surface area contributed by atoms with E-state index in [1.165, 1.54) is 5.56 Å². The van der Waals surface area contributed by atoms with E-state index in [4.69, 9.17) is 16.3 Å². The number of anilines is 1. The van der Waals surface area contributed by atoms with Crippen LogP contribution in [-0.2, 0) is 4.79 Å². The number of amides is 1. The number of benzene rings is 2. The molecule has 0 bridgehead atoms. The Kier molecular flexibility index (Phi) is 4.55. The van der Waals surface area contributed by atoms with E-state index >= 15 is 0 Å². The van der Waals surface area contributed by atoms with Crippen LogP contribution in [0, 0.1) is 11.3 Å². The number of ether oxygens (including phenoxy) is 1. The first-order chi connectivity index (χ1) is 11.4. The van der Waals surface area contributed by atoms with Crippen molar-refractivity contribution in [1.82, 2.24) is 0 Å². The summed E-state index contributed by atoms with van der Waals surface area (Å²) in [6.45, 7) is 6.72. The SMILES string of the molecule is CCOc1ccc(Cl)cc1NC(=O)[C@@H]1[C@@H](c2ccccc2)C1(C)C. The van der Waals surface area contributed by atoms with Crippen LogP contribution in [0.25, 0.3) is 0 Å². The molecule has 0 unspecified atom stereocenters. The van der Waals surface area contributed by atoms with Crippen molar-refractivity contribution >= 4 is 23.2 Å². The van der Waals surface area contributed by atoms with Gasteiger partial charge in [0, 0.05) is 10.9 Å². The molecule has 0 radical (unpaired) electrons. The van der Waals surface area contributed by atoms with Crippen LogP contribution >= 0.6 is 11.6 Å². The van der Waals surface area contributed by atoms with Crippen LogP contribution in [0.1, 0.15) is 32.3 Å². The molecule has 0 saturated heterocycles. The predicted molar refractivity (Wildman–Crippen MR) is 97.7 cm³/mol. The van der Waals surface area contributed by atoms with E-state index < -0.39 is 0 Å². The summed E-state index contributed by atoms with van der Waals surface area (Å²) in [5.74, 6) is 0.823. The smallest absolute Gasteiger partial charge is 0.228 e. The molecule has 1 saturated carbocycles. The number of halogens is 1. The van der Waals surface area contributed by atoms with Crippen molar-refractivity contribution in [2.75, 3.05) is 11.9 Å². The van der Waals surface area contributed by atoms with E-state index in [1.54, 1.807) is 18.2 Å². The summed E-state index contributed by atoms with van der Waals surface area (Å²) in [6.07, 6.45) is 0. The third-order valence-corrected chi connectivity index (χ3v) is 5.00. The minimum atomic E-state index is -0.0617. The molecule has 2 aromatic rings. The first-order valence-corrected chi connectivity index (χ1v) is 8.61. The molecular weight excluding hydrogens is 322 g/mol. The minimum absolute atomic E-state index is 0.0112. The number of hydrogen-bond donors (Lipinski definition) is 1. The molecule has 2 aromatic carbocycles. The fourth-order valence-corrected chi connectivity index (χ4v) is 3.67. The molecule has 0 spiro atoms. The van der Waals surface area contributed by atoms with Gasteiger partial charge >= 0.3 is 0 Å². The van der Waals surface area contributed by atoms with Crippen molar-refractivity contribution in [3.8, 4) is 5.75 Å². The molecule has 4 heteroatoms. The van der Waals surface area contributed by atoms with Crippen LogP contribution in [0.3, 0.4) is 0 Å². The van der Waals surface area contributed by atoms with Crippen LogP contribution in [0.15, 0.2) is 48.5 Å². The van der Waals surface area contributed by atoms with Gasteiger partial charge in [0.25, 0.3) is 0 Å². The van der Waals surface area contributed by atoms with Gasteiger partial charge in [-0.3, -0.25) is 4.79 Å². The number of carbonyl (C=O) groups excluding carboxylic acids is 1. The van der Waals surface area contributed by atoms with Gasteiger partial charge in [-0.15, -0.1) is 0 Å². The monoisotopic (exact) mass is 343 g/mol. The second-order valence-electron chi connectivity index (χ2n) is 6.75. The van der Waals surface area contributed by atoms with E-state index in [2.05, 4.69) is 31.3 Å². The maximum atomic E-state index is 12.8. The summed E-state index contributed by atoms with van der Waals surface area (Å²) in [4.78, 5) is 12.8. The van der Waals surface area contributed by atoms with Crippen LogP contribution in [0.4, 0.5) is 5.69 Å². The number of rotatable bonds is 5. The third kappa shape index (κ3) is 3.13. The molecular formula is C20H22ClNO2. The summed E-state index contributed by atoms with van der Waals surface area (Å²) in [5, 5.41) is 3.58. The molecule has 0 heterocycles. The second kappa shape index (κ2) is 6.48. The van der Waals surface area contributed by atoms with E-state index in [1.807, 2.05) is 25.1 Å². The van der Waals surface area contributed by atoms with Crippen molar-refractivity contribution in [3.63, 3.8) is 0 Å². The van der Waals surface area contributed by atoms with Crippen LogP contribution in [0.2, 0.25) is 5.02 Å². The van der Waals surface area contributed by atoms with Crippen LogP contribution < -0.4 is 10.1 Å².